The van der Waals surface area contributed by atoms with Crippen LogP contribution in [0.25, 0.3) is 6.08 Å². The number of alkyl halides is 1. The van der Waals surface area contributed by atoms with Gasteiger partial charge < -0.3 is 15.5 Å². The van der Waals surface area contributed by atoms with Gasteiger partial charge in [-0.1, -0.05) is 42.5 Å². The molecule has 6 nitrogen and oxygen atoms in total. The molecule has 2 atom stereocenters. The number of carbonyl (C=O) groups is 2. The van der Waals surface area contributed by atoms with Crippen LogP contribution in [0.3, 0.4) is 0 Å². The van der Waals surface area contributed by atoms with Gasteiger partial charge in [-0.25, -0.2) is 4.98 Å². The molecule has 2 aliphatic rings. The van der Waals surface area contributed by atoms with Crippen LogP contribution in [-0.2, 0) is 28.9 Å². The highest BCUT2D eigenvalue weighted by atomic mass is 35.5. The number of hydrogen-bond donors (Lipinski definition) is 2. The predicted molar refractivity (Wildman–Crippen MR) is 138 cm³/mol. The van der Waals surface area contributed by atoms with Crippen molar-refractivity contribution in [3.05, 3.63) is 69.2 Å². The van der Waals surface area contributed by atoms with Crippen molar-refractivity contribution in [3.8, 4) is 0 Å². The summed E-state index contributed by atoms with van der Waals surface area (Å²) in [4.78, 5) is 33.4. The summed E-state index contributed by atoms with van der Waals surface area (Å²) in [6.45, 7) is 2.00. The van der Waals surface area contributed by atoms with Crippen molar-refractivity contribution < 1.29 is 9.59 Å². The van der Waals surface area contributed by atoms with Crippen molar-refractivity contribution in [3.63, 3.8) is 0 Å². The molecule has 4 rings (SSSR count). The normalized spacial score (nSPS) is 18.6. The number of halogens is 1. The van der Waals surface area contributed by atoms with Gasteiger partial charge in [0.2, 0.25) is 11.8 Å². The van der Waals surface area contributed by atoms with E-state index in [1.165, 1.54) is 4.88 Å². The average Bonchev–Trinajstić information content (AvgIpc) is 3.23. The van der Waals surface area contributed by atoms with Crippen LogP contribution in [0.15, 0.2) is 48.1 Å². The van der Waals surface area contributed by atoms with E-state index in [4.69, 9.17) is 11.6 Å². The fourth-order valence-electron chi connectivity index (χ4n) is 4.22. The van der Waals surface area contributed by atoms with Gasteiger partial charge in [0.1, 0.15) is 0 Å². The van der Waals surface area contributed by atoms with Gasteiger partial charge in [0, 0.05) is 49.3 Å². The number of aromatic nitrogens is 1. The number of nitrogens with one attached hydrogen (secondary N) is 2. The summed E-state index contributed by atoms with van der Waals surface area (Å²) in [6, 6.07) is 9.83. The van der Waals surface area contributed by atoms with Crippen LogP contribution in [0.5, 0.6) is 0 Å². The summed E-state index contributed by atoms with van der Waals surface area (Å²) in [5, 5.41) is 7.13. The van der Waals surface area contributed by atoms with Gasteiger partial charge >= 0.3 is 0 Å². The van der Waals surface area contributed by atoms with Crippen LogP contribution in [-0.4, -0.2) is 59.8 Å². The van der Waals surface area contributed by atoms with E-state index in [1.807, 2.05) is 55.6 Å². The Morgan fingerprint density at radius 1 is 1.29 bits per heavy atom. The third kappa shape index (κ3) is 7.01. The fourth-order valence-corrected chi connectivity index (χ4v) is 5.65. The SMILES string of the molecule is CN1CCC=C(C(=O)NCC(Cc2ccccc2)NC(=O)CCc2nc3c(s2)CC(Cl)C=C3)C1. The largest absolute Gasteiger partial charge is 0.351 e. The predicted octanol–water partition coefficient (Wildman–Crippen LogP) is 3.36. The molecular formula is C26H31ClN4O2S. The molecule has 1 aliphatic heterocycles. The van der Waals surface area contributed by atoms with Gasteiger partial charge in [0.05, 0.1) is 22.1 Å². The van der Waals surface area contributed by atoms with Crippen molar-refractivity contribution >= 4 is 40.8 Å². The molecule has 2 N–H and O–H groups in total. The Bertz CT molecular complexity index is 1070. The Labute approximate surface area is 210 Å². The average molecular weight is 499 g/mol. The Balaban J connectivity index is 1.33. The maximum absolute atomic E-state index is 12.8. The lowest BCUT2D eigenvalue weighted by molar-refractivity contribution is -0.122. The Morgan fingerprint density at radius 3 is 2.91 bits per heavy atom. The lowest BCUT2D eigenvalue weighted by atomic mass is 10.0. The van der Waals surface area contributed by atoms with Crippen LogP contribution in [0.1, 0.15) is 34.0 Å². The molecular weight excluding hydrogens is 468 g/mol. The zero-order valence-electron chi connectivity index (χ0n) is 19.4. The van der Waals surface area contributed by atoms with E-state index in [2.05, 4.69) is 20.5 Å². The van der Waals surface area contributed by atoms with Crippen LogP contribution in [0, 0.1) is 0 Å². The number of allylic oxidation sites excluding steroid dienone is 1. The first-order valence-corrected chi connectivity index (χ1v) is 13.0. The van der Waals surface area contributed by atoms with E-state index in [0.717, 1.165) is 41.2 Å². The highest BCUT2D eigenvalue weighted by Gasteiger charge is 2.20. The number of amides is 2. The molecule has 0 saturated heterocycles. The number of carbonyl (C=O) groups excluding carboxylic acids is 2. The first kappa shape index (κ1) is 24.6. The topological polar surface area (TPSA) is 74.3 Å². The lowest BCUT2D eigenvalue weighted by Gasteiger charge is -2.24. The minimum absolute atomic E-state index is 0.0165. The molecule has 0 saturated carbocycles. The van der Waals surface area contributed by atoms with Crippen LogP contribution in [0.2, 0.25) is 0 Å². The second-order valence-corrected chi connectivity index (χ2v) is 10.6. The first-order chi connectivity index (χ1) is 16.5. The summed E-state index contributed by atoms with van der Waals surface area (Å²) >= 11 is 7.84. The number of nitrogens with zero attached hydrogens (tertiary/aromatic N) is 2. The molecule has 0 bridgehead atoms. The lowest BCUT2D eigenvalue weighted by Crippen LogP contribution is -2.46. The van der Waals surface area contributed by atoms with Crippen molar-refractivity contribution in [1.82, 2.24) is 20.5 Å². The van der Waals surface area contributed by atoms with E-state index < -0.39 is 0 Å². The number of fused-ring (bicyclic) bond motifs is 1. The second kappa shape index (κ2) is 11.8. The van der Waals surface area contributed by atoms with Crippen LogP contribution >= 0.6 is 22.9 Å². The smallest absolute Gasteiger partial charge is 0.248 e. The van der Waals surface area contributed by atoms with E-state index in [-0.39, 0.29) is 23.2 Å². The van der Waals surface area contributed by atoms with Crippen LogP contribution in [0.4, 0.5) is 0 Å². The van der Waals surface area contributed by atoms with E-state index in [1.54, 1.807) is 11.3 Å². The third-order valence-electron chi connectivity index (χ3n) is 6.01. The molecule has 0 fully saturated rings. The number of benzene rings is 1. The Hall–Kier alpha value is -2.48. The van der Waals surface area contributed by atoms with Gasteiger partial charge in [-0.05, 0) is 31.5 Å². The quantitative estimate of drug-likeness (QED) is 0.520. The highest BCUT2D eigenvalue weighted by molar-refractivity contribution is 7.11. The number of aryl methyl sites for hydroxylation is 1. The molecule has 1 aliphatic carbocycles. The summed E-state index contributed by atoms with van der Waals surface area (Å²) in [7, 11) is 2.02. The summed E-state index contributed by atoms with van der Waals surface area (Å²) in [5.74, 6) is -0.0939. The minimum Gasteiger partial charge on any atom is -0.351 e. The second-order valence-electron chi connectivity index (χ2n) is 8.92. The van der Waals surface area contributed by atoms with Crippen molar-refractivity contribution in [2.75, 3.05) is 26.7 Å². The van der Waals surface area contributed by atoms with Gasteiger partial charge in [0.25, 0.3) is 0 Å². The number of thiazole rings is 1. The monoisotopic (exact) mass is 498 g/mol. The van der Waals surface area contributed by atoms with E-state index in [9.17, 15) is 9.59 Å². The van der Waals surface area contributed by atoms with Crippen LogP contribution < -0.4 is 10.6 Å². The molecule has 1 aromatic heterocycles. The van der Waals surface area contributed by atoms with Crippen molar-refractivity contribution in [1.29, 1.82) is 0 Å². The number of hydrogen-bond acceptors (Lipinski definition) is 5. The van der Waals surface area contributed by atoms with Gasteiger partial charge in [-0.15, -0.1) is 22.9 Å². The maximum atomic E-state index is 12.8. The molecule has 2 heterocycles. The summed E-state index contributed by atoms with van der Waals surface area (Å²) in [5.41, 5.74) is 2.89. The molecule has 180 valence electrons. The van der Waals surface area contributed by atoms with Gasteiger partial charge in [-0.2, -0.15) is 0 Å². The zero-order chi connectivity index (χ0) is 23.9. The minimum atomic E-state index is -0.190. The summed E-state index contributed by atoms with van der Waals surface area (Å²) < 4.78 is 0. The molecule has 2 amide bonds. The molecule has 2 aromatic rings. The van der Waals surface area contributed by atoms with E-state index >= 15 is 0 Å². The third-order valence-corrected chi connectivity index (χ3v) is 7.47. The first-order valence-electron chi connectivity index (χ1n) is 11.8. The fraction of sp³-hybridized carbons (Fsp3) is 0.423. The highest BCUT2D eigenvalue weighted by Crippen LogP contribution is 2.28. The molecule has 0 spiro atoms. The van der Waals surface area contributed by atoms with Crippen molar-refractivity contribution in [2.45, 2.75) is 43.5 Å². The standard InChI is InChI=1S/C26H31ClN4O2S/c1-31-13-5-8-19(17-31)26(33)28-16-21(14-18-6-3-2-4-7-18)29-24(32)11-12-25-30-22-10-9-20(27)15-23(22)34-25/h2-4,6-10,20-21H,5,11-17H2,1H3,(H,28,33)(H,29,32). The molecule has 2 unspecified atom stereocenters. The molecule has 34 heavy (non-hydrogen) atoms. The van der Waals surface area contributed by atoms with E-state index in [0.29, 0.717) is 32.4 Å². The molecule has 1 aromatic carbocycles. The molecule has 0 radical (unpaired) electrons. The Kier molecular flexibility index (Phi) is 8.53. The van der Waals surface area contributed by atoms with Gasteiger partial charge in [-0.3, -0.25) is 9.59 Å². The summed E-state index contributed by atoms with van der Waals surface area (Å²) in [6.07, 6.45) is 9.21. The zero-order valence-corrected chi connectivity index (χ0v) is 21.0. The maximum Gasteiger partial charge on any atom is 0.248 e. The molecule has 8 heteroatoms. The number of rotatable bonds is 9. The van der Waals surface area contributed by atoms with Gasteiger partial charge in [0.15, 0.2) is 0 Å². The number of likely N-dealkylation sites (N-methyl/N-ethyl adjacent to an activating group) is 1. The van der Waals surface area contributed by atoms with Crippen molar-refractivity contribution in [2.24, 2.45) is 0 Å². The Morgan fingerprint density at radius 2 is 2.12 bits per heavy atom.